The van der Waals surface area contributed by atoms with Gasteiger partial charge in [-0.05, 0) is 63.6 Å². The van der Waals surface area contributed by atoms with E-state index in [0.29, 0.717) is 46.6 Å². The van der Waals surface area contributed by atoms with E-state index in [9.17, 15) is 9.50 Å². The summed E-state index contributed by atoms with van der Waals surface area (Å²) in [5.74, 6) is 0.487. The number of hydrogen-bond donors (Lipinski definition) is 3. The van der Waals surface area contributed by atoms with E-state index in [1.165, 1.54) is 6.07 Å². The van der Waals surface area contributed by atoms with Gasteiger partial charge in [-0.25, -0.2) is 14.4 Å². The number of aliphatic hydroxyl groups excluding tert-OH is 1. The van der Waals surface area contributed by atoms with Crippen molar-refractivity contribution in [1.29, 1.82) is 0 Å². The van der Waals surface area contributed by atoms with Crippen LogP contribution in [0.5, 0.6) is 5.75 Å². The van der Waals surface area contributed by atoms with Crippen molar-refractivity contribution >= 4 is 28.2 Å². The zero-order valence-corrected chi connectivity index (χ0v) is 22.0. The molecule has 37 heavy (non-hydrogen) atoms. The summed E-state index contributed by atoms with van der Waals surface area (Å²) in [6.07, 6.45) is 3.82. The Kier molecular flexibility index (Phi) is 7.92. The van der Waals surface area contributed by atoms with Crippen LogP contribution in [0.15, 0.2) is 48.8 Å². The Bertz CT molecular complexity index is 1410. The molecule has 0 radical (unpaired) electrons. The summed E-state index contributed by atoms with van der Waals surface area (Å²) in [4.78, 5) is 13.2. The first-order valence-electron chi connectivity index (χ1n) is 12.0. The fourth-order valence-corrected chi connectivity index (χ4v) is 4.17. The largest absolute Gasteiger partial charge is 0.493 e. The predicted molar refractivity (Wildman–Crippen MR) is 143 cm³/mol. The number of ether oxygens (including phenoxy) is 1. The fourth-order valence-electron chi connectivity index (χ4n) is 3.97. The number of hydrogen-bond acceptors (Lipinski definition) is 7. The van der Waals surface area contributed by atoms with Crippen LogP contribution in [0.1, 0.15) is 50.3 Å². The van der Waals surface area contributed by atoms with E-state index in [0.717, 1.165) is 22.0 Å². The van der Waals surface area contributed by atoms with E-state index in [1.807, 2.05) is 32.0 Å². The van der Waals surface area contributed by atoms with Crippen molar-refractivity contribution in [2.24, 2.45) is 0 Å². The van der Waals surface area contributed by atoms with Gasteiger partial charge in [0, 0.05) is 41.9 Å². The first-order valence-corrected chi connectivity index (χ1v) is 12.4. The lowest BCUT2D eigenvalue weighted by molar-refractivity contribution is 0.0687. The quantitative estimate of drug-likeness (QED) is 0.232. The molecule has 7 nitrogen and oxygen atoms in total. The molecule has 0 fully saturated rings. The van der Waals surface area contributed by atoms with Gasteiger partial charge >= 0.3 is 0 Å². The standard InChI is InChI=1S/C28H30ClFN4O3/c1-16(21-13-20(7-8-23(21)30)37-11-5-10-35)34-26-22-12-18(6-9-24(22)33-17(2)25(26)29)19-14-31-27(32-15-19)28(3,4)36/h6-9,12-16,35-36H,5,10-11H2,1-4H3,(H,33,34). The molecule has 194 valence electrons. The molecule has 0 saturated heterocycles. The predicted octanol–water partition coefficient (Wildman–Crippen LogP) is 5.95. The SMILES string of the molecule is Cc1nc2ccc(-c3cnc(C(C)(C)O)nc3)cc2c(NC(C)c2cc(OCCCO)ccc2F)c1Cl. The van der Waals surface area contributed by atoms with Gasteiger partial charge in [-0.2, -0.15) is 0 Å². The van der Waals surface area contributed by atoms with Crippen LogP contribution >= 0.6 is 11.6 Å². The molecule has 0 amide bonds. The van der Waals surface area contributed by atoms with Crippen LogP contribution in [-0.4, -0.2) is 38.4 Å². The van der Waals surface area contributed by atoms with Gasteiger partial charge in [0.15, 0.2) is 5.82 Å². The topological polar surface area (TPSA) is 100 Å². The van der Waals surface area contributed by atoms with Gasteiger partial charge < -0.3 is 20.3 Å². The van der Waals surface area contributed by atoms with E-state index in [-0.39, 0.29) is 12.4 Å². The second kappa shape index (κ2) is 11.0. The normalized spacial score (nSPS) is 12.5. The average Bonchev–Trinajstić information content (AvgIpc) is 2.87. The van der Waals surface area contributed by atoms with Crippen molar-refractivity contribution < 1.29 is 19.3 Å². The van der Waals surface area contributed by atoms with E-state index in [1.54, 1.807) is 38.4 Å². The molecule has 0 aliphatic heterocycles. The summed E-state index contributed by atoms with van der Waals surface area (Å²) in [5, 5.41) is 23.7. The number of nitrogens with one attached hydrogen (secondary N) is 1. The second-order valence-corrected chi connectivity index (χ2v) is 9.83. The fraction of sp³-hybridized carbons (Fsp3) is 0.321. The lowest BCUT2D eigenvalue weighted by Gasteiger charge is -2.21. The Labute approximate surface area is 220 Å². The third kappa shape index (κ3) is 5.98. The summed E-state index contributed by atoms with van der Waals surface area (Å²) in [6, 6.07) is 9.91. The smallest absolute Gasteiger partial charge is 0.159 e. The maximum Gasteiger partial charge on any atom is 0.159 e. The molecule has 2 aromatic heterocycles. The summed E-state index contributed by atoms with van der Waals surface area (Å²) in [5.41, 5.74) is 2.92. The summed E-state index contributed by atoms with van der Waals surface area (Å²) in [7, 11) is 0. The number of rotatable bonds is 9. The van der Waals surface area contributed by atoms with Crippen molar-refractivity contribution in [3.63, 3.8) is 0 Å². The van der Waals surface area contributed by atoms with Gasteiger partial charge in [-0.3, -0.25) is 4.98 Å². The maximum atomic E-state index is 14.8. The Morgan fingerprint density at radius 2 is 1.84 bits per heavy atom. The third-order valence-corrected chi connectivity index (χ3v) is 6.45. The number of benzene rings is 2. The van der Waals surface area contributed by atoms with Crippen LogP contribution in [0.4, 0.5) is 10.1 Å². The van der Waals surface area contributed by atoms with E-state index in [2.05, 4.69) is 20.3 Å². The lowest BCUT2D eigenvalue weighted by Crippen LogP contribution is -2.19. The van der Waals surface area contributed by atoms with Gasteiger partial charge in [-0.15, -0.1) is 0 Å². The molecule has 4 aromatic rings. The minimum absolute atomic E-state index is 0.0245. The Morgan fingerprint density at radius 1 is 1.11 bits per heavy atom. The number of aromatic nitrogens is 3. The number of aliphatic hydroxyl groups is 2. The van der Waals surface area contributed by atoms with Crippen molar-refractivity contribution in [3.8, 4) is 16.9 Å². The zero-order valence-electron chi connectivity index (χ0n) is 21.2. The van der Waals surface area contributed by atoms with E-state index in [4.69, 9.17) is 21.4 Å². The average molecular weight is 525 g/mol. The van der Waals surface area contributed by atoms with E-state index < -0.39 is 11.6 Å². The number of pyridine rings is 1. The minimum atomic E-state index is -1.14. The monoisotopic (exact) mass is 524 g/mol. The number of fused-ring (bicyclic) bond motifs is 1. The molecule has 4 rings (SSSR count). The summed E-state index contributed by atoms with van der Waals surface area (Å²) in [6.45, 7) is 7.30. The third-order valence-electron chi connectivity index (χ3n) is 5.99. The molecule has 0 bridgehead atoms. The zero-order chi connectivity index (χ0) is 26.7. The van der Waals surface area contributed by atoms with Gasteiger partial charge in [0.2, 0.25) is 0 Å². The Balaban J connectivity index is 1.71. The molecule has 2 heterocycles. The molecule has 0 spiro atoms. The van der Waals surface area contributed by atoms with Crippen molar-refractivity contribution in [3.05, 3.63) is 76.7 Å². The first kappa shape index (κ1) is 26.7. The van der Waals surface area contributed by atoms with Crippen molar-refractivity contribution in [2.45, 2.75) is 45.8 Å². The molecule has 9 heteroatoms. The maximum absolute atomic E-state index is 14.8. The number of aryl methyl sites for hydroxylation is 1. The van der Waals surface area contributed by atoms with Crippen LogP contribution in [0, 0.1) is 12.7 Å². The first-order chi connectivity index (χ1) is 17.6. The number of nitrogens with zero attached hydrogens (tertiary/aromatic N) is 3. The Hall–Kier alpha value is -3.33. The number of anilines is 1. The highest BCUT2D eigenvalue weighted by Crippen LogP contribution is 2.37. The van der Waals surface area contributed by atoms with Crippen molar-refractivity contribution in [2.75, 3.05) is 18.5 Å². The van der Waals surface area contributed by atoms with Crippen molar-refractivity contribution in [1.82, 2.24) is 15.0 Å². The van der Waals surface area contributed by atoms with Gasteiger partial charge in [-0.1, -0.05) is 17.7 Å². The molecule has 1 atom stereocenters. The molecular formula is C28H30ClFN4O3. The van der Waals surface area contributed by atoms with Gasteiger partial charge in [0.05, 0.1) is 34.6 Å². The van der Waals surface area contributed by atoms with Crippen LogP contribution in [-0.2, 0) is 5.60 Å². The van der Waals surface area contributed by atoms with Crippen LogP contribution < -0.4 is 10.1 Å². The lowest BCUT2D eigenvalue weighted by atomic mass is 10.0. The van der Waals surface area contributed by atoms with Gasteiger partial charge in [0.1, 0.15) is 17.2 Å². The highest BCUT2D eigenvalue weighted by atomic mass is 35.5. The number of halogens is 2. The summed E-state index contributed by atoms with van der Waals surface area (Å²) >= 11 is 6.71. The molecule has 1 unspecified atom stereocenters. The molecular weight excluding hydrogens is 495 g/mol. The molecule has 0 aliphatic rings. The molecule has 0 saturated carbocycles. The molecule has 2 aromatic carbocycles. The van der Waals surface area contributed by atoms with Gasteiger partial charge in [0.25, 0.3) is 0 Å². The van der Waals surface area contributed by atoms with Crippen LogP contribution in [0.25, 0.3) is 22.0 Å². The highest BCUT2D eigenvalue weighted by molar-refractivity contribution is 6.35. The summed E-state index contributed by atoms with van der Waals surface area (Å²) < 4.78 is 20.4. The van der Waals surface area contributed by atoms with E-state index >= 15 is 0 Å². The Morgan fingerprint density at radius 3 is 2.51 bits per heavy atom. The molecule has 3 N–H and O–H groups in total. The molecule has 0 aliphatic carbocycles. The van der Waals surface area contributed by atoms with Crippen LogP contribution in [0.2, 0.25) is 5.02 Å². The van der Waals surface area contributed by atoms with Crippen LogP contribution in [0.3, 0.4) is 0 Å². The highest BCUT2D eigenvalue weighted by Gasteiger charge is 2.20. The second-order valence-electron chi connectivity index (χ2n) is 9.45. The minimum Gasteiger partial charge on any atom is -0.493 e.